The molecule has 300 valence electrons. The van der Waals surface area contributed by atoms with Gasteiger partial charge in [0.15, 0.2) is 5.96 Å². The van der Waals surface area contributed by atoms with Gasteiger partial charge in [0.25, 0.3) is 0 Å². The number of guanidine groups is 1. The van der Waals surface area contributed by atoms with Gasteiger partial charge in [0.05, 0.1) is 12.5 Å². The minimum Gasteiger partial charge on any atom is -0.480 e. The molecule has 0 aromatic carbocycles. The number of carboxylic acids is 1. The summed E-state index contributed by atoms with van der Waals surface area (Å²) in [4.78, 5) is 107. The highest BCUT2D eigenvalue weighted by Gasteiger charge is 2.40. The van der Waals surface area contributed by atoms with Gasteiger partial charge in [-0.25, -0.2) is 4.79 Å². The largest absolute Gasteiger partial charge is 0.480 e. The molecule has 1 heterocycles. The van der Waals surface area contributed by atoms with E-state index in [1.54, 1.807) is 13.8 Å². The van der Waals surface area contributed by atoms with Crippen molar-refractivity contribution in [3.63, 3.8) is 0 Å². The lowest BCUT2D eigenvalue weighted by Gasteiger charge is -2.30. The molecule has 0 aromatic heterocycles. The van der Waals surface area contributed by atoms with E-state index in [4.69, 9.17) is 34.4 Å². The summed E-state index contributed by atoms with van der Waals surface area (Å²) in [6.45, 7) is 4.17. The summed E-state index contributed by atoms with van der Waals surface area (Å²) in [7, 11) is 0. The molecule has 0 aromatic rings. The number of rotatable bonds is 25. The van der Waals surface area contributed by atoms with Crippen LogP contribution in [0.3, 0.4) is 0 Å². The second-order valence-electron chi connectivity index (χ2n) is 13.4. The first kappa shape index (κ1) is 46.0. The number of primary amides is 2. The topological polar surface area (TPSA) is 377 Å². The summed E-state index contributed by atoms with van der Waals surface area (Å²) in [6.07, 6.45) is 1.15. The predicted molar refractivity (Wildman–Crippen MR) is 193 cm³/mol. The number of nitrogens with one attached hydrogen (secondary N) is 4. The van der Waals surface area contributed by atoms with Gasteiger partial charge in [-0.2, -0.15) is 0 Å². The Kier molecular flexibility index (Phi) is 20.4. The highest BCUT2D eigenvalue weighted by Crippen LogP contribution is 2.20. The van der Waals surface area contributed by atoms with Crippen molar-refractivity contribution in [1.29, 1.82) is 0 Å². The summed E-state index contributed by atoms with van der Waals surface area (Å²) in [5, 5.41) is 19.7. The van der Waals surface area contributed by atoms with Gasteiger partial charge in [-0.05, 0) is 63.8 Å². The fourth-order valence-corrected chi connectivity index (χ4v) is 5.65. The Balaban J connectivity index is 3.18. The molecule has 1 fully saturated rings. The number of carboxylic acid groups (broad SMARTS) is 1. The van der Waals surface area contributed by atoms with Gasteiger partial charge in [0.1, 0.15) is 30.2 Å². The van der Waals surface area contributed by atoms with E-state index < -0.39 is 90.0 Å². The van der Waals surface area contributed by atoms with Gasteiger partial charge in [-0.1, -0.05) is 20.3 Å². The number of unbranched alkanes of at least 4 members (excludes halogenated alkanes) is 1. The van der Waals surface area contributed by atoms with Crippen molar-refractivity contribution in [3.8, 4) is 0 Å². The van der Waals surface area contributed by atoms with Gasteiger partial charge in [0, 0.05) is 19.5 Å². The van der Waals surface area contributed by atoms with Crippen molar-refractivity contribution in [2.45, 2.75) is 121 Å². The van der Waals surface area contributed by atoms with E-state index in [0.717, 1.165) is 0 Å². The number of amides is 7. The molecular weight excluding hydrogens is 696 g/mol. The Morgan fingerprint density at radius 3 is 1.96 bits per heavy atom. The van der Waals surface area contributed by atoms with Crippen LogP contribution in [-0.2, 0) is 38.4 Å². The van der Waals surface area contributed by atoms with Crippen molar-refractivity contribution in [2.24, 2.45) is 45.3 Å². The van der Waals surface area contributed by atoms with E-state index in [1.807, 2.05) is 0 Å². The van der Waals surface area contributed by atoms with Crippen molar-refractivity contribution in [3.05, 3.63) is 0 Å². The van der Waals surface area contributed by atoms with Gasteiger partial charge in [-0.3, -0.25) is 38.6 Å². The molecule has 1 saturated heterocycles. The van der Waals surface area contributed by atoms with Crippen LogP contribution >= 0.6 is 0 Å². The molecule has 1 aliphatic heterocycles. The number of nitrogens with two attached hydrogens (primary N) is 6. The Hall–Kier alpha value is -5.05. The highest BCUT2D eigenvalue weighted by atomic mass is 16.4. The van der Waals surface area contributed by atoms with E-state index in [2.05, 4.69) is 26.3 Å². The van der Waals surface area contributed by atoms with Crippen LogP contribution in [0.1, 0.15) is 84.5 Å². The summed E-state index contributed by atoms with van der Waals surface area (Å²) in [5.74, 6) is -7.18. The quantitative estimate of drug-likeness (QED) is 0.0239. The fourth-order valence-electron chi connectivity index (χ4n) is 5.65. The molecule has 1 rings (SSSR count). The maximum atomic E-state index is 13.6. The highest BCUT2D eigenvalue weighted by molar-refractivity contribution is 5.98. The van der Waals surface area contributed by atoms with E-state index in [-0.39, 0.29) is 69.9 Å². The van der Waals surface area contributed by atoms with Crippen LogP contribution in [0.25, 0.3) is 0 Å². The molecule has 0 spiro atoms. The number of carbonyl (C=O) groups excluding carboxylic acids is 7. The lowest BCUT2D eigenvalue weighted by Crippen LogP contribution is -2.59. The predicted octanol–water partition coefficient (Wildman–Crippen LogP) is -4.30. The fraction of sp³-hybridized carbons (Fsp3) is 0.719. The van der Waals surface area contributed by atoms with Crippen molar-refractivity contribution < 1.29 is 43.5 Å². The molecule has 0 aliphatic carbocycles. The van der Waals surface area contributed by atoms with Crippen LogP contribution in [0, 0.1) is 5.92 Å². The molecule has 0 unspecified atom stereocenters. The van der Waals surface area contributed by atoms with Crippen molar-refractivity contribution in [2.75, 3.05) is 19.6 Å². The van der Waals surface area contributed by atoms with Gasteiger partial charge < -0.3 is 65.7 Å². The molecule has 6 atom stereocenters. The zero-order valence-corrected chi connectivity index (χ0v) is 30.5. The zero-order chi connectivity index (χ0) is 40.2. The molecule has 21 heteroatoms. The molecule has 17 N–H and O–H groups in total. The number of nitrogens with zero attached hydrogens (tertiary/aromatic N) is 2. The number of aliphatic carboxylic acids is 1. The number of carbonyl (C=O) groups is 8. The lowest BCUT2D eigenvalue weighted by molar-refractivity contribution is -0.143. The Bertz CT molecular complexity index is 1320. The summed E-state index contributed by atoms with van der Waals surface area (Å²) >= 11 is 0. The lowest BCUT2D eigenvalue weighted by atomic mass is 10.0. The normalized spacial score (nSPS) is 16.7. The third-order valence-electron chi connectivity index (χ3n) is 8.38. The van der Waals surface area contributed by atoms with E-state index >= 15 is 0 Å². The SMILES string of the molecule is CC(C)C[C@H](NC(=O)[C@H](CCC(N)=O)NC(=O)[C@@H]1CCCN1C(=O)[C@H](CC(N)=O)NC(=O)[C@@H](N)CCCCN)C(=O)N[C@@H](CCCN=C(N)N)C(=O)O. The molecule has 7 amide bonds. The first-order valence-electron chi connectivity index (χ1n) is 17.7. The van der Waals surface area contributed by atoms with Crippen LogP contribution in [0.2, 0.25) is 0 Å². The van der Waals surface area contributed by atoms with Crippen LogP contribution in [-0.4, -0.2) is 119 Å². The van der Waals surface area contributed by atoms with Gasteiger partial charge in [-0.15, -0.1) is 0 Å². The Morgan fingerprint density at radius 1 is 0.774 bits per heavy atom. The summed E-state index contributed by atoms with van der Waals surface area (Å²) in [6, 6.07) is -7.51. The van der Waals surface area contributed by atoms with Gasteiger partial charge in [0.2, 0.25) is 41.4 Å². The van der Waals surface area contributed by atoms with E-state index in [1.165, 1.54) is 4.90 Å². The molecule has 0 saturated carbocycles. The average molecular weight is 755 g/mol. The molecule has 1 aliphatic rings. The number of aliphatic imine (C=N–C) groups is 1. The smallest absolute Gasteiger partial charge is 0.326 e. The zero-order valence-electron chi connectivity index (χ0n) is 30.5. The Morgan fingerprint density at radius 2 is 1.40 bits per heavy atom. The molecule has 21 nitrogen and oxygen atoms in total. The minimum atomic E-state index is -1.42. The van der Waals surface area contributed by atoms with E-state index in [0.29, 0.717) is 25.8 Å². The second-order valence-corrected chi connectivity index (χ2v) is 13.4. The number of hydrogen-bond donors (Lipinski definition) is 11. The second kappa shape index (κ2) is 23.5. The monoisotopic (exact) mass is 754 g/mol. The van der Waals surface area contributed by atoms with Crippen LogP contribution < -0.4 is 55.7 Å². The van der Waals surface area contributed by atoms with Gasteiger partial charge >= 0.3 is 5.97 Å². The molecule has 0 radical (unpaired) electrons. The van der Waals surface area contributed by atoms with Crippen molar-refractivity contribution in [1.82, 2.24) is 26.2 Å². The van der Waals surface area contributed by atoms with E-state index in [9.17, 15) is 43.5 Å². The Labute approximate surface area is 308 Å². The van der Waals surface area contributed by atoms with Crippen LogP contribution in [0.4, 0.5) is 0 Å². The first-order chi connectivity index (χ1) is 24.9. The van der Waals surface area contributed by atoms with Crippen LogP contribution in [0.15, 0.2) is 4.99 Å². The minimum absolute atomic E-state index is 0.0142. The third kappa shape index (κ3) is 17.3. The molecular formula is C32H58N12O9. The summed E-state index contributed by atoms with van der Waals surface area (Å²) < 4.78 is 0. The first-order valence-corrected chi connectivity index (χ1v) is 17.7. The number of likely N-dealkylation sites (tertiary alicyclic amines) is 1. The molecule has 53 heavy (non-hydrogen) atoms. The average Bonchev–Trinajstić information content (AvgIpc) is 3.56. The number of hydrogen-bond acceptors (Lipinski definition) is 11. The maximum Gasteiger partial charge on any atom is 0.326 e. The third-order valence-corrected chi connectivity index (χ3v) is 8.38. The standard InChI is InChI=1S/C32H58N12O9/c1-17(2)15-21(28(49)41-20(31(52)53)8-5-13-39-32(37)38)42-27(48)19(10-11-24(35)45)40-29(50)23-9-6-14-44(23)30(51)22(16-25(36)46)43-26(47)18(34)7-3-4-12-33/h17-23H,3-16,33-34H2,1-2H3,(H2,35,45)(H2,36,46)(H,40,50)(H,41,49)(H,42,48)(H,43,47)(H,52,53)(H4,37,38,39)/t18-,19-,20-,21-,22-,23-/m0/s1. The van der Waals surface area contributed by atoms with Crippen molar-refractivity contribution >= 4 is 53.3 Å². The van der Waals surface area contributed by atoms with Crippen LogP contribution in [0.5, 0.6) is 0 Å². The maximum absolute atomic E-state index is 13.6. The summed E-state index contributed by atoms with van der Waals surface area (Å²) in [5.41, 5.74) is 32.7. The molecule has 0 bridgehead atoms.